The number of ether oxygens (including phenoxy) is 2. The molecule has 4 aromatic rings. The van der Waals surface area contributed by atoms with Crippen LogP contribution in [0.5, 0.6) is 5.75 Å². The number of benzene rings is 2. The van der Waals surface area contributed by atoms with Gasteiger partial charge in [-0.05, 0) is 68.1 Å². The second-order valence-corrected chi connectivity index (χ2v) is 8.77. The summed E-state index contributed by atoms with van der Waals surface area (Å²) in [4.78, 5) is 25.0. The molecule has 0 saturated carbocycles. The van der Waals surface area contributed by atoms with Crippen LogP contribution in [-0.2, 0) is 16.0 Å². The molecule has 5 rings (SSSR count). The van der Waals surface area contributed by atoms with E-state index in [1.54, 1.807) is 7.11 Å². The van der Waals surface area contributed by atoms with Crippen LogP contribution in [0.3, 0.4) is 0 Å². The number of carbonyl (C=O) groups is 1. The number of amides is 1. The molecule has 1 amide bonds. The molecule has 1 aliphatic heterocycles. The fourth-order valence-electron chi connectivity index (χ4n) is 4.75. The largest absolute Gasteiger partial charge is 0.497 e. The molecule has 0 spiro atoms. The number of hydrogen-bond acceptors (Lipinski definition) is 6. The zero-order valence-electron chi connectivity index (χ0n) is 19.5. The summed E-state index contributed by atoms with van der Waals surface area (Å²) in [5.41, 5.74) is 3.96. The number of carbonyl (C=O) groups excluding carboxylic acids is 1. The Bertz CT molecular complexity index is 1420. The van der Waals surface area contributed by atoms with Gasteiger partial charge in [0.15, 0.2) is 0 Å². The summed E-state index contributed by atoms with van der Waals surface area (Å²) in [6.07, 6.45) is 2.21. The highest BCUT2D eigenvalue weighted by Gasteiger charge is 2.24. The van der Waals surface area contributed by atoms with Crippen molar-refractivity contribution in [2.45, 2.75) is 39.2 Å². The predicted molar refractivity (Wildman–Crippen MR) is 129 cm³/mol. The standard InChI is InChI=1S/C27H27NO6/c1-15-11-21-25(16(2)12-23(30)33-21)27-24(15)20(13-22(29)28-14-19-5-4-10-32-19)26(34-27)17-6-8-18(31-3)9-7-17/h6-9,11-12,19H,4-5,10,13-14H2,1-3H3,(H,28,29). The summed E-state index contributed by atoms with van der Waals surface area (Å²) in [7, 11) is 1.62. The Labute approximate surface area is 196 Å². The Hall–Kier alpha value is -3.58. The maximum Gasteiger partial charge on any atom is 0.336 e. The lowest BCUT2D eigenvalue weighted by Gasteiger charge is -2.11. The van der Waals surface area contributed by atoms with Gasteiger partial charge in [0.05, 0.1) is 25.0 Å². The van der Waals surface area contributed by atoms with Crippen LogP contribution in [0.4, 0.5) is 0 Å². The van der Waals surface area contributed by atoms with Gasteiger partial charge >= 0.3 is 5.63 Å². The molecule has 0 bridgehead atoms. The topological polar surface area (TPSA) is 90.9 Å². The average molecular weight is 462 g/mol. The quantitative estimate of drug-likeness (QED) is 0.420. The molecular formula is C27H27NO6. The monoisotopic (exact) mass is 461 g/mol. The Morgan fingerprint density at radius 2 is 1.85 bits per heavy atom. The maximum atomic E-state index is 13.0. The molecule has 1 N–H and O–H groups in total. The smallest absolute Gasteiger partial charge is 0.336 e. The van der Waals surface area contributed by atoms with Crippen LogP contribution in [0.1, 0.15) is 29.5 Å². The molecule has 1 atom stereocenters. The number of nitrogens with one attached hydrogen (secondary N) is 1. The van der Waals surface area contributed by atoms with Gasteiger partial charge in [-0.15, -0.1) is 0 Å². The summed E-state index contributed by atoms with van der Waals surface area (Å²) in [5.74, 6) is 1.25. The molecule has 3 heterocycles. The van der Waals surface area contributed by atoms with Crippen molar-refractivity contribution in [2.75, 3.05) is 20.3 Å². The third-order valence-corrected chi connectivity index (χ3v) is 6.40. The Kier molecular flexibility index (Phi) is 5.87. The summed E-state index contributed by atoms with van der Waals surface area (Å²) in [6, 6.07) is 10.8. The van der Waals surface area contributed by atoms with Crippen molar-refractivity contribution in [2.24, 2.45) is 0 Å². The zero-order valence-corrected chi connectivity index (χ0v) is 19.5. The fourth-order valence-corrected chi connectivity index (χ4v) is 4.75. The number of methoxy groups -OCH3 is 1. The molecule has 2 aromatic carbocycles. The lowest BCUT2D eigenvalue weighted by atomic mass is 9.97. The van der Waals surface area contributed by atoms with Gasteiger partial charge in [0.2, 0.25) is 5.91 Å². The molecule has 1 aliphatic rings. The van der Waals surface area contributed by atoms with Crippen molar-refractivity contribution in [1.82, 2.24) is 5.32 Å². The molecule has 1 unspecified atom stereocenters. The van der Waals surface area contributed by atoms with E-state index in [-0.39, 0.29) is 18.4 Å². The molecule has 34 heavy (non-hydrogen) atoms. The molecule has 7 heteroatoms. The zero-order chi connectivity index (χ0) is 23.8. The van der Waals surface area contributed by atoms with E-state index in [0.717, 1.165) is 58.2 Å². The van der Waals surface area contributed by atoms with Crippen LogP contribution in [0, 0.1) is 13.8 Å². The minimum Gasteiger partial charge on any atom is -0.497 e. The summed E-state index contributed by atoms with van der Waals surface area (Å²) in [5, 5.41) is 4.62. The second-order valence-electron chi connectivity index (χ2n) is 8.77. The first kappa shape index (κ1) is 22.2. The SMILES string of the molecule is COc1ccc(-c2oc3c(c(C)cc4oc(=O)cc(C)c43)c2CC(=O)NCC2CCCO2)cc1. The third-order valence-electron chi connectivity index (χ3n) is 6.40. The molecule has 176 valence electrons. The number of furan rings is 1. The van der Waals surface area contributed by atoms with Crippen molar-refractivity contribution in [3.05, 3.63) is 63.5 Å². The molecule has 0 aliphatic carbocycles. The lowest BCUT2D eigenvalue weighted by molar-refractivity contribution is -0.120. The normalized spacial score (nSPS) is 15.8. The van der Waals surface area contributed by atoms with Crippen molar-refractivity contribution in [3.63, 3.8) is 0 Å². The highest BCUT2D eigenvalue weighted by Crippen LogP contribution is 2.40. The first-order valence-electron chi connectivity index (χ1n) is 11.5. The highest BCUT2D eigenvalue weighted by atomic mass is 16.5. The van der Waals surface area contributed by atoms with E-state index in [2.05, 4.69) is 5.32 Å². The first-order valence-corrected chi connectivity index (χ1v) is 11.5. The van der Waals surface area contributed by atoms with Crippen LogP contribution < -0.4 is 15.7 Å². The minimum absolute atomic E-state index is 0.0716. The molecule has 2 aromatic heterocycles. The van der Waals surface area contributed by atoms with Gasteiger partial charge in [-0.3, -0.25) is 4.79 Å². The molecule has 1 fully saturated rings. The van der Waals surface area contributed by atoms with Gasteiger partial charge in [0.25, 0.3) is 0 Å². The van der Waals surface area contributed by atoms with Gasteiger partial charge in [-0.2, -0.15) is 0 Å². The highest BCUT2D eigenvalue weighted by molar-refractivity contribution is 6.09. The van der Waals surface area contributed by atoms with Crippen molar-refractivity contribution < 1.29 is 23.1 Å². The molecule has 7 nitrogen and oxygen atoms in total. The summed E-state index contributed by atoms with van der Waals surface area (Å²) >= 11 is 0. The van der Waals surface area contributed by atoms with Crippen molar-refractivity contribution in [3.8, 4) is 17.1 Å². The van der Waals surface area contributed by atoms with E-state index in [1.165, 1.54) is 6.07 Å². The number of hydrogen-bond donors (Lipinski definition) is 1. The summed E-state index contributed by atoms with van der Waals surface area (Å²) in [6.45, 7) is 5.04. The number of aryl methyl sites for hydroxylation is 2. The van der Waals surface area contributed by atoms with Crippen LogP contribution >= 0.6 is 0 Å². The average Bonchev–Trinajstić information content (AvgIpc) is 3.46. The number of fused-ring (bicyclic) bond motifs is 3. The van der Waals surface area contributed by atoms with E-state index in [0.29, 0.717) is 23.5 Å². The fraction of sp³-hybridized carbons (Fsp3) is 0.333. The van der Waals surface area contributed by atoms with E-state index >= 15 is 0 Å². The number of rotatable bonds is 6. The minimum atomic E-state index is -0.403. The molecular weight excluding hydrogens is 434 g/mol. The van der Waals surface area contributed by atoms with Crippen LogP contribution in [-0.4, -0.2) is 32.3 Å². The Morgan fingerprint density at radius 3 is 2.56 bits per heavy atom. The Balaban J connectivity index is 1.64. The summed E-state index contributed by atoms with van der Waals surface area (Å²) < 4.78 is 22.8. The van der Waals surface area contributed by atoms with E-state index < -0.39 is 5.63 Å². The maximum absolute atomic E-state index is 13.0. The first-order chi connectivity index (χ1) is 16.4. The van der Waals surface area contributed by atoms with Crippen LogP contribution in [0.25, 0.3) is 33.3 Å². The van der Waals surface area contributed by atoms with Gasteiger partial charge in [0, 0.05) is 35.7 Å². The van der Waals surface area contributed by atoms with Crippen molar-refractivity contribution in [1.29, 1.82) is 0 Å². The molecule has 0 radical (unpaired) electrons. The Morgan fingerprint density at radius 1 is 1.09 bits per heavy atom. The van der Waals surface area contributed by atoms with Crippen LogP contribution in [0.15, 0.2) is 50.0 Å². The van der Waals surface area contributed by atoms with Gasteiger partial charge < -0.3 is 23.6 Å². The third kappa shape index (κ3) is 4.07. The second kappa shape index (κ2) is 8.99. The van der Waals surface area contributed by atoms with E-state index in [9.17, 15) is 9.59 Å². The van der Waals surface area contributed by atoms with E-state index in [1.807, 2.05) is 44.2 Å². The van der Waals surface area contributed by atoms with Gasteiger partial charge in [-0.1, -0.05) is 0 Å². The lowest BCUT2D eigenvalue weighted by Crippen LogP contribution is -2.32. The van der Waals surface area contributed by atoms with Gasteiger partial charge in [0.1, 0.15) is 22.7 Å². The van der Waals surface area contributed by atoms with E-state index in [4.69, 9.17) is 18.3 Å². The molecule has 1 saturated heterocycles. The van der Waals surface area contributed by atoms with Crippen LogP contribution in [0.2, 0.25) is 0 Å². The van der Waals surface area contributed by atoms with Gasteiger partial charge in [-0.25, -0.2) is 4.79 Å². The van der Waals surface area contributed by atoms with Crippen molar-refractivity contribution >= 4 is 27.8 Å². The predicted octanol–water partition coefficient (Wildman–Crippen LogP) is 4.67.